The van der Waals surface area contributed by atoms with Gasteiger partial charge in [0.1, 0.15) is 5.82 Å². The summed E-state index contributed by atoms with van der Waals surface area (Å²) in [7, 11) is 1.53. The number of amides is 1. The van der Waals surface area contributed by atoms with E-state index in [0.29, 0.717) is 42.3 Å². The Morgan fingerprint density at radius 2 is 2.14 bits per heavy atom. The lowest BCUT2D eigenvalue weighted by Crippen LogP contribution is -2.37. The minimum Gasteiger partial charge on any atom is -0.493 e. The summed E-state index contributed by atoms with van der Waals surface area (Å²) in [5, 5.41) is 19.2. The van der Waals surface area contributed by atoms with Gasteiger partial charge in [-0.2, -0.15) is 10.2 Å². The van der Waals surface area contributed by atoms with E-state index in [-0.39, 0.29) is 12.5 Å². The minimum atomic E-state index is -0.848. The largest absolute Gasteiger partial charge is 0.493 e. The van der Waals surface area contributed by atoms with Crippen LogP contribution in [-0.4, -0.2) is 60.6 Å². The quantitative estimate of drug-likeness (QED) is 0.395. The topological polar surface area (TPSA) is 107 Å². The van der Waals surface area contributed by atoms with Gasteiger partial charge in [-0.15, -0.1) is 0 Å². The number of carbonyl (C=O) groups is 1. The van der Waals surface area contributed by atoms with Gasteiger partial charge in [0.15, 0.2) is 23.1 Å². The number of aliphatic hydroxyl groups is 1. The zero-order valence-electron chi connectivity index (χ0n) is 19.9. The minimum absolute atomic E-state index is 0.117. The van der Waals surface area contributed by atoms with Gasteiger partial charge in [-0.3, -0.25) is 14.5 Å². The molecule has 0 spiro atoms. The molecular formula is C25H25FN6O4. The maximum absolute atomic E-state index is 13.4. The van der Waals surface area contributed by atoms with Crippen LogP contribution in [0.5, 0.6) is 11.5 Å². The number of fused-ring (bicyclic) bond motifs is 2. The normalized spacial score (nSPS) is 13.9. The highest BCUT2D eigenvalue weighted by atomic mass is 19.1. The molecule has 1 N–H and O–H groups in total. The Morgan fingerprint density at radius 1 is 1.31 bits per heavy atom. The molecule has 1 unspecified atom stereocenters. The molecule has 1 atom stereocenters. The molecule has 10 nitrogen and oxygen atoms in total. The monoisotopic (exact) mass is 492 g/mol. The van der Waals surface area contributed by atoms with Gasteiger partial charge in [-0.25, -0.2) is 8.91 Å². The molecule has 186 valence electrons. The molecular weight excluding hydrogens is 467 g/mol. The lowest BCUT2D eigenvalue weighted by molar-refractivity contribution is -0.127. The van der Waals surface area contributed by atoms with E-state index in [0.717, 1.165) is 28.7 Å². The van der Waals surface area contributed by atoms with Crippen molar-refractivity contribution >= 4 is 11.4 Å². The van der Waals surface area contributed by atoms with E-state index in [1.165, 1.54) is 25.3 Å². The number of halogens is 1. The van der Waals surface area contributed by atoms with Crippen LogP contribution < -0.4 is 9.47 Å². The van der Waals surface area contributed by atoms with Crippen LogP contribution in [-0.2, 0) is 17.9 Å². The van der Waals surface area contributed by atoms with Crippen molar-refractivity contribution in [3.05, 3.63) is 72.2 Å². The van der Waals surface area contributed by atoms with E-state index in [1.807, 2.05) is 17.8 Å². The van der Waals surface area contributed by atoms with Crippen LogP contribution in [0, 0.1) is 12.7 Å². The van der Waals surface area contributed by atoms with Crippen molar-refractivity contribution in [1.29, 1.82) is 0 Å². The predicted molar refractivity (Wildman–Crippen MR) is 128 cm³/mol. The van der Waals surface area contributed by atoms with E-state index in [1.54, 1.807) is 21.7 Å². The highest BCUT2D eigenvalue weighted by Gasteiger charge is 2.26. The Morgan fingerprint density at radius 3 is 2.83 bits per heavy atom. The molecule has 0 saturated heterocycles. The lowest BCUT2D eigenvalue weighted by Gasteiger charge is -2.27. The van der Waals surface area contributed by atoms with Gasteiger partial charge in [0, 0.05) is 23.9 Å². The Kier molecular flexibility index (Phi) is 6.15. The van der Waals surface area contributed by atoms with E-state index < -0.39 is 11.9 Å². The fourth-order valence-electron chi connectivity index (χ4n) is 4.39. The van der Waals surface area contributed by atoms with Gasteiger partial charge < -0.3 is 19.5 Å². The predicted octanol–water partition coefficient (Wildman–Crippen LogP) is 2.69. The average molecular weight is 493 g/mol. The number of methoxy groups -OCH3 is 1. The van der Waals surface area contributed by atoms with Crippen molar-refractivity contribution < 1.29 is 23.8 Å². The van der Waals surface area contributed by atoms with Gasteiger partial charge in [0.05, 0.1) is 56.3 Å². The molecule has 0 radical (unpaired) electrons. The molecule has 1 aliphatic rings. The number of nitrogens with zero attached hydrogens (tertiary/aromatic N) is 6. The SMILES string of the molecule is C=CC(=O)N1CCn2nc(-c3cc(OC(CO)c4ccc(F)cn4)c4c(OC)cnn4c3)c(C)c2C1. The number of aliphatic hydroxyl groups excluding tert-OH is 1. The Balaban J connectivity index is 1.58. The molecule has 4 aromatic rings. The summed E-state index contributed by atoms with van der Waals surface area (Å²) in [6.07, 6.45) is 4.94. The van der Waals surface area contributed by atoms with Crippen molar-refractivity contribution in [1.82, 2.24) is 29.3 Å². The van der Waals surface area contributed by atoms with E-state index in [4.69, 9.17) is 14.6 Å². The van der Waals surface area contributed by atoms with Gasteiger partial charge >= 0.3 is 0 Å². The van der Waals surface area contributed by atoms with Crippen LogP contribution in [0.25, 0.3) is 16.8 Å². The number of carbonyl (C=O) groups excluding carboxylic acids is 1. The first-order valence-electron chi connectivity index (χ1n) is 11.4. The van der Waals surface area contributed by atoms with Crippen LogP contribution in [0.4, 0.5) is 4.39 Å². The second kappa shape index (κ2) is 9.42. The lowest BCUT2D eigenvalue weighted by atomic mass is 10.1. The first-order valence-corrected chi connectivity index (χ1v) is 11.4. The van der Waals surface area contributed by atoms with Crippen LogP contribution in [0.1, 0.15) is 23.1 Å². The Bertz CT molecular complexity index is 1450. The third-order valence-corrected chi connectivity index (χ3v) is 6.28. The highest BCUT2D eigenvalue weighted by Crippen LogP contribution is 2.37. The van der Waals surface area contributed by atoms with E-state index in [9.17, 15) is 14.3 Å². The number of hydrogen-bond donors (Lipinski definition) is 1. The Labute approximate surface area is 206 Å². The van der Waals surface area contributed by atoms with Gasteiger partial charge in [-0.1, -0.05) is 6.58 Å². The molecule has 36 heavy (non-hydrogen) atoms. The summed E-state index contributed by atoms with van der Waals surface area (Å²) in [6, 6.07) is 4.54. The third kappa shape index (κ3) is 4.07. The van der Waals surface area contributed by atoms with E-state index >= 15 is 0 Å². The third-order valence-electron chi connectivity index (χ3n) is 6.28. The molecule has 0 bridgehead atoms. The fraction of sp³-hybridized carbons (Fsp3) is 0.280. The molecule has 1 aliphatic heterocycles. The van der Waals surface area contributed by atoms with Crippen LogP contribution in [0.2, 0.25) is 0 Å². The summed E-state index contributed by atoms with van der Waals surface area (Å²) >= 11 is 0. The molecule has 0 saturated carbocycles. The molecule has 5 rings (SSSR count). The van der Waals surface area contributed by atoms with Crippen molar-refractivity contribution in [2.24, 2.45) is 0 Å². The molecule has 4 aromatic heterocycles. The molecule has 11 heteroatoms. The standard InChI is InChI=1S/C25H25FN6O4/c1-4-23(34)30-7-8-31-19(13-30)15(2)24(29-31)16-9-20(25-21(35-3)11-28-32(25)12-16)36-22(14-33)18-6-5-17(26)10-27-18/h4-6,9-12,22,33H,1,7-8,13-14H2,2-3H3. The molecule has 0 fully saturated rings. The van der Waals surface area contributed by atoms with Crippen molar-refractivity contribution in [3.8, 4) is 22.8 Å². The number of pyridine rings is 2. The highest BCUT2D eigenvalue weighted by molar-refractivity contribution is 5.87. The summed E-state index contributed by atoms with van der Waals surface area (Å²) in [6.45, 7) is 6.72. The number of hydrogen-bond acceptors (Lipinski definition) is 7. The van der Waals surface area contributed by atoms with Crippen molar-refractivity contribution in [2.75, 3.05) is 20.3 Å². The molecule has 5 heterocycles. The van der Waals surface area contributed by atoms with Crippen LogP contribution >= 0.6 is 0 Å². The molecule has 0 aliphatic carbocycles. The summed E-state index contributed by atoms with van der Waals surface area (Å²) in [5.41, 5.74) is 4.26. The number of aromatic nitrogens is 5. The smallest absolute Gasteiger partial charge is 0.246 e. The fourth-order valence-corrected chi connectivity index (χ4v) is 4.39. The van der Waals surface area contributed by atoms with Crippen LogP contribution in [0.3, 0.4) is 0 Å². The van der Waals surface area contributed by atoms with Crippen LogP contribution in [0.15, 0.2) is 49.4 Å². The van der Waals surface area contributed by atoms with Gasteiger partial charge in [-0.05, 0) is 31.2 Å². The summed E-state index contributed by atoms with van der Waals surface area (Å²) in [4.78, 5) is 17.9. The first kappa shape index (κ1) is 23.5. The number of rotatable bonds is 7. The van der Waals surface area contributed by atoms with E-state index in [2.05, 4.69) is 16.7 Å². The van der Waals surface area contributed by atoms with Crippen molar-refractivity contribution in [2.45, 2.75) is 26.1 Å². The molecule has 1 amide bonds. The van der Waals surface area contributed by atoms with Gasteiger partial charge in [0.2, 0.25) is 5.91 Å². The first-order chi connectivity index (χ1) is 17.4. The van der Waals surface area contributed by atoms with Crippen molar-refractivity contribution in [3.63, 3.8) is 0 Å². The average Bonchev–Trinajstić information content (AvgIpc) is 3.47. The second-order valence-corrected chi connectivity index (χ2v) is 8.40. The zero-order valence-corrected chi connectivity index (χ0v) is 19.9. The molecule has 0 aromatic carbocycles. The van der Waals surface area contributed by atoms with Gasteiger partial charge in [0.25, 0.3) is 0 Å². The zero-order chi connectivity index (χ0) is 25.4. The number of ether oxygens (including phenoxy) is 2. The maximum Gasteiger partial charge on any atom is 0.246 e. The summed E-state index contributed by atoms with van der Waals surface area (Å²) in [5.74, 6) is 0.277. The Hall–Kier alpha value is -4.25. The summed E-state index contributed by atoms with van der Waals surface area (Å²) < 4.78 is 28.6. The maximum atomic E-state index is 13.4. The second-order valence-electron chi connectivity index (χ2n) is 8.40.